The fraction of sp³-hybridized carbons (Fsp3) is 0.364. The quantitative estimate of drug-likeness (QED) is 0.742. The van der Waals surface area contributed by atoms with Crippen molar-refractivity contribution in [2.75, 3.05) is 13.2 Å². The van der Waals surface area contributed by atoms with Gasteiger partial charge < -0.3 is 9.47 Å². The molecule has 15 heavy (non-hydrogen) atoms. The molecule has 0 amide bonds. The zero-order valence-electron chi connectivity index (χ0n) is 8.11. The van der Waals surface area contributed by atoms with Crippen LogP contribution in [0.15, 0.2) is 24.3 Å². The summed E-state index contributed by atoms with van der Waals surface area (Å²) in [7, 11) is 0. The molecule has 3 nitrogen and oxygen atoms in total. The minimum Gasteiger partial charge on any atom is -0.488 e. The molecule has 0 radical (unpaired) electrons. The van der Waals surface area contributed by atoms with Crippen LogP contribution in [0.3, 0.4) is 0 Å². The molecular formula is C11H11ClO3. The lowest BCUT2D eigenvalue weighted by Gasteiger charge is -2.11. The van der Waals surface area contributed by atoms with E-state index < -0.39 is 5.24 Å². The third kappa shape index (κ3) is 2.70. The Balaban J connectivity index is 2.07. The van der Waals surface area contributed by atoms with E-state index in [0.717, 1.165) is 13.0 Å². The summed E-state index contributed by atoms with van der Waals surface area (Å²) in [5.74, 6) is 0.664. The SMILES string of the molecule is O=C(Cl)c1cccc(OC2CCOC2)c1. The third-order valence-electron chi connectivity index (χ3n) is 2.25. The minimum absolute atomic E-state index is 0.0886. The molecule has 0 saturated carbocycles. The van der Waals surface area contributed by atoms with Gasteiger partial charge in [-0.25, -0.2) is 0 Å². The number of carbonyl (C=O) groups excluding carboxylic acids is 1. The van der Waals surface area contributed by atoms with Crippen LogP contribution in [0.2, 0.25) is 0 Å². The molecule has 1 aromatic carbocycles. The van der Waals surface area contributed by atoms with E-state index in [9.17, 15) is 4.79 Å². The Bertz CT molecular complexity index is 359. The lowest BCUT2D eigenvalue weighted by molar-refractivity contribution is 0.108. The van der Waals surface area contributed by atoms with E-state index in [0.29, 0.717) is 17.9 Å². The Morgan fingerprint density at radius 2 is 2.40 bits per heavy atom. The van der Waals surface area contributed by atoms with E-state index in [4.69, 9.17) is 21.1 Å². The first-order chi connectivity index (χ1) is 7.25. The fourth-order valence-corrected chi connectivity index (χ4v) is 1.61. The Hall–Kier alpha value is -1.06. The lowest BCUT2D eigenvalue weighted by Crippen LogP contribution is -2.15. The molecule has 0 bridgehead atoms. The number of hydrogen-bond acceptors (Lipinski definition) is 3. The van der Waals surface area contributed by atoms with Crippen molar-refractivity contribution in [2.24, 2.45) is 0 Å². The van der Waals surface area contributed by atoms with E-state index in [1.807, 2.05) is 6.07 Å². The molecule has 1 aliphatic rings. The van der Waals surface area contributed by atoms with E-state index in [1.54, 1.807) is 18.2 Å². The van der Waals surface area contributed by atoms with Crippen molar-refractivity contribution in [2.45, 2.75) is 12.5 Å². The highest BCUT2D eigenvalue weighted by Crippen LogP contribution is 2.19. The normalized spacial score (nSPS) is 20.2. The van der Waals surface area contributed by atoms with Gasteiger partial charge in [0.1, 0.15) is 11.9 Å². The van der Waals surface area contributed by atoms with Crippen molar-refractivity contribution in [3.8, 4) is 5.75 Å². The van der Waals surface area contributed by atoms with Gasteiger partial charge in [-0.05, 0) is 29.8 Å². The summed E-state index contributed by atoms with van der Waals surface area (Å²) in [6.07, 6.45) is 0.977. The van der Waals surface area contributed by atoms with Gasteiger partial charge in [-0.2, -0.15) is 0 Å². The van der Waals surface area contributed by atoms with E-state index in [-0.39, 0.29) is 6.10 Å². The molecule has 80 valence electrons. The van der Waals surface area contributed by atoms with Crippen LogP contribution in [0.4, 0.5) is 0 Å². The average molecular weight is 227 g/mol. The molecule has 1 fully saturated rings. The first-order valence-corrected chi connectivity index (χ1v) is 5.18. The first kappa shape index (κ1) is 10.5. The number of rotatable bonds is 3. The minimum atomic E-state index is -0.469. The Morgan fingerprint density at radius 1 is 1.53 bits per heavy atom. The second kappa shape index (κ2) is 4.64. The molecule has 2 rings (SSSR count). The lowest BCUT2D eigenvalue weighted by atomic mass is 10.2. The number of carbonyl (C=O) groups is 1. The Morgan fingerprint density at radius 3 is 3.07 bits per heavy atom. The summed E-state index contributed by atoms with van der Waals surface area (Å²) >= 11 is 5.37. The van der Waals surface area contributed by atoms with Gasteiger partial charge in [0.25, 0.3) is 5.24 Å². The summed E-state index contributed by atoms with van der Waals surface area (Å²) < 4.78 is 10.8. The largest absolute Gasteiger partial charge is 0.488 e. The van der Waals surface area contributed by atoms with Gasteiger partial charge in [-0.1, -0.05) is 6.07 Å². The van der Waals surface area contributed by atoms with Crippen LogP contribution < -0.4 is 4.74 Å². The summed E-state index contributed by atoms with van der Waals surface area (Å²) in [5, 5.41) is -0.469. The fourth-order valence-electron chi connectivity index (χ4n) is 1.49. The van der Waals surface area contributed by atoms with Crippen molar-refractivity contribution < 1.29 is 14.3 Å². The molecule has 1 unspecified atom stereocenters. The first-order valence-electron chi connectivity index (χ1n) is 4.80. The number of ether oxygens (including phenoxy) is 2. The predicted octanol–water partition coefficient (Wildman–Crippen LogP) is 2.23. The molecular weight excluding hydrogens is 216 g/mol. The molecule has 1 aromatic rings. The van der Waals surface area contributed by atoms with Gasteiger partial charge in [0, 0.05) is 12.0 Å². The maximum atomic E-state index is 10.9. The molecule has 1 atom stereocenters. The summed E-state index contributed by atoms with van der Waals surface area (Å²) in [4.78, 5) is 10.9. The topological polar surface area (TPSA) is 35.5 Å². The van der Waals surface area contributed by atoms with Gasteiger partial charge in [0.05, 0.1) is 13.2 Å². The van der Waals surface area contributed by atoms with Crippen LogP contribution in [-0.4, -0.2) is 24.6 Å². The van der Waals surface area contributed by atoms with Gasteiger partial charge in [-0.3, -0.25) is 4.79 Å². The van der Waals surface area contributed by atoms with Gasteiger partial charge in [0.2, 0.25) is 0 Å². The van der Waals surface area contributed by atoms with Gasteiger partial charge in [-0.15, -0.1) is 0 Å². The second-order valence-corrected chi connectivity index (χ2v) is 3.75. The van der Waals surface area contributed by atoms with Gasteiger partial charge >= 0.3 is 0 Å². The summed E-state index contributed by atoms with van der Waals surface area (Å²) in [5.41, 5.74) is 0.452. The molecule has 0 N–H and O–H groups in total. The third-order valence-corrected chi connectivity index (χ3v) is 2.47. The highest BCUT2D eigenvalue weighted by molar-refractivity contribution is 6.67. The van der Waals surface area contributed by atoms with Crippen LogP contribution in [0.5, 0.6) is 5.75 Å². The standard InChI is InChI=1S/C11H11ClO3/c12-11(13)8-2-1-3-9(6-8)15-10-4-5-14-7-10/h1-3,6,10H,4-5,7H2. The molecule has 0 spiro atoms. The van der Waals surface area contributed by atoms with Crippen molar-refractivity contribution in [1.29, 1.82) is 0 Å². The van der Waals surface area contributed by atoms with Crippen LogP contribution in [0, 0.1) is 0 Å². The van der Waals surface area contributed by atoms with Crippen molar-refractivity contribution in [3.05, 3.63) is 29.8 Å². The van der Waals surface area contributed by atoms with Gasteiger partial charge in [0.15, 0.2) is 0 Å². The van der Waals surface area contributed by atoms with Crippen LogP contribution in [0.1, 0.15) is 16.8 Å². The zero-order valence-corrected chi connectivity index (χ0v) is 8.87. The summed E-state index contributed by atoms with van der Waals surface area (Å²) in [6.45, 7) is 1.35. The smallest absolute Gasteiger partial charge is 0.252 e. The highest BCUT2D eigenvalue weighted by Gasteiger charge is 2.17. The summed E-state index contributed by atoms with van der Waals surface area (Å²) in [6, 6.07) is 6.86. The monoisotopic (exact) mass is 226 g/mol. The molecule has 1 saturated heterocycles. The number of hydrogen-bond donors (Lipinski definition) is 0. The maximum Gasteiger partial charge on any atom is 0.252 e. The number of halogens is 1. The van der Waals surface area contributed by atoms with Crippen molar-refractivity contribution >= 4 is 16.8 Å². The van der Waals surface area contributed by atoms with E-state index in [1.165, 1.54) is 0 Å². The molecule has 4 heteroatoms. The molecule has 1 aliphatic heterocycles. The average Bonchev–Trinajstić information content (AvgIpc) is 2.71. The van der Waals surface area contributed by atoms with Crippen molar-refractivity contribution in [3.63, 3.8) is 0 Å². The molecule has 0 aliphatic carbocycles. The van der Waals surface area contributed by atoms with E-state index in [2.05, 4.69) is 0 Å². The van der Waals surface area contributed by atoms with Crippen LogP contribution in [0.25, 0.3) is 0 Å². The van der Waals surface area contributed by atoms with Crippen molar-refractivity contribution in [1.82, 2.24) is 0 Å². The number of benzene rings is 1. The predicted molar refractivity (Wildman–Crippen MR) is 56.5 cm³/mol. The zero-order chi connectivity index (χ0) is 10.7. The van der Waals surface area contributed by atoms with Crippen LogP contribution >= 0.6 is 11.6 Å². The highest BCUT2D eigenvalue weighted by atomic mass is 35.5. The van der Waals surface area contributed by atoms with E-state index >= 15 is 0 Å². The van der Waals surface area contributed by atoms with Crippen LogP contribution in [-0.2, 0) is 4.74 Å². The second-order valence-electron chi connectivity index (χ2n) is 3.40. The Kier molecular flexibility index (Phi) is 3.23. The molecule has 0 aromatic heterocycles. The maximum absolute atomic E-state index is 10.9. The molecule has 1 heterocycles. The Labute approximate surface area is 92.9 Å².